The minimum atomic E-state index is -4.21. The highest BCUT2D eigenvalue weighted by atomic mass is 35.5. The number of methoxy groups -OCH3 is 1. The molecule has 6 nitrogen and oxygen atoms in total. The van der Waals surface area contributed by atoms with Crippen LogP contribution >= 0.6 is 11.6 Å². The number of halogens is 2. The van der Waals surface area contributed by atoms with Gasteiger partial charge >= 0.3 is 0 Å². The monoisotopic (exact) mass is 504 g/mol. The zero-order chi connectivity index (χ0) is 25.0. The molecule has 0 fully saturated rings. The van der Waals surface area contributed by atoms with E-state index < -0.39 is 28.5 Å². The standard InChI is InChI=1S/C25H26ClFN2O4S/c1-16-5-12-23(33-4)24(13-16)34(31,32)29(21-11-6-17(2)22(26)14-21)15-25(30)28-18(3)19-7-9-20(27)10-8-19/h5-14,18H,15H2,1-4H3,(H,28,30)/t18-/m0/s1. The molecular formula is C25H26ClFN2O4S. The summed E-state index contributed by atoms with van der Waals surface area (Å²) in [6.07, 6.45) is 0. The number of hydrogen-bond donors (Lipinski definition) is 1. The molecule has 9 heteroatoms. The fourth-order valence-electron chi connectivity index (χ4n) is 3.41. The van der Waals surface area contributed by atoms with Crippen LogP contribution in [0.1, 0.15) is 29.7 Å². The van der Waals surface area contributed by atoms with Gasteiger partial charge in [0.15, 0.2) is 0 Å². The molecule has 3 aromatic carbocycles. The van der Waals surface area contributed by atoms with Crippen LogP contribution in [0.3, 0.4) is 0 Å². The molecule has 0 aliphatic rings. The van der Waals surface area contributed by atoms with E-state index >= 15 is 0 Å². The third-order valence-corrected chi connectivity index (χ3v) is 7.57. The SMILES string of the molecule is COc1ccc(C)cc1S(=O)(=O)N(CC(=O)N[C@@H](C)c1ccc(F)cc1)c1ccc(C)c(Cl)c1. The molecule has 3 rings (SSSR count). The molecular weight excluding hydrogens is 479 g/mol. The van der Waals surface area contributed by atoms with Crippen molar-refractivity contribution in [2.24, 2.45) is 0 Å². The van der Waals surface area contributed by atoms with Crippen molar-refractivity contribution in [1.29, 1.82) is 0 Å². The lowest BCUT2D eigenvalue weighted by Gasteiger charge is -2.26. The molecule has 0 aliphatic carbocycles. The van der Waals surface area contributed by atoms with E-state index in [0.29, 0.717) is 10.6 Å². The molecule has 0 bridgehead atoms. The number of carbonyl (C=O) groups excluding carboxylic acids is 1. The Kier molecular flexibility index (Phi) is 7.84. The lowest BCUT2D eigenvalue weighted by molar-refractivity contribution is -0.120. The van der Waals surface area contributed by atoms with E-state index in [2.05, 4.69) is 5.32 Å². The van der Waals surface area contributed by atoms with Crippen LogP contribution in [0.25, 0.3) is 0 Å². The number of amides is 1. The van der Waals surface area contributed by atoms with Gasteiger partial charge in [0.2, 0.25) is 5.91 Å². The second-order valence-electron chi connectivity index (χ2n) is 7.94. The van der Waals surface area contributed by atoms with Crippen LogP contribution < -0.4 is 14.4 Å². The van der Waals surface area contributed by atoms with Gasteiger partial charge in [0.05, 0.1) is 18.8 Å². The smallest absolute Gasteiger partial charge is 0.268 e. The molecule has 0 heterocycles. The highest BCUT2D eigenvalue weighted by Crippen LogP contribution is 2.32. The maximum Gasteiger partial charge on any atom is 0.268 e. The van der Waals surface area contributed by atoms with E-state index in [0.717, 1.165) is 15.4 Å². The van der Waals surface area contributed by atoms with Crippen molar-refractivity contribution in [3.05, 3.63) is 88.2 Å². The summed E-state index contributed by atoms with van der Waals surface area (Å²) < 4.78 is 47.1. The number of hydrogen-bond acceptors (Lipinski definition) is 4. The number of ether oxygens (including phenoxy) is 1. The van der Waals surface area contributed by atoms with Crippen LogP contribution in [-0.4, -0.2) is 28.0 Å². The van der Waals surface area contributed by atoms with Gasteiger partial charge in [-0.05, 0) is 73.9 Å². The van der Waals surface area contributed by atoms with Crippen LogP contribution in [0.4, 0.5) is 10.1 Å². The Morgan fingerprint density at radius 2 is 1.76 bits per heavy atom. The number of nitrogens with one attached hydrogen (secondary N) is 1. The minimum Gasteiger partial charge on any atom is -0.495 e. The number of sulfonamides is 1. The Balaban J connectivity index is 1.99. The van der Waals surface area contributed by atoms with E-state index in [1.807, 2.05) is 0 Å². The number of rotatable bonds is 8. The number of nitrogens with zero attached hydrogens (tertiary/aromatic N) is 1. The molecule has 0 aromatic heterocycles. The van der Waals surface area contributed by atoms with E-state index in [9.17, 15) is 17.6 Å². The largest absolute Gasteiger partial charge is 0.495 e. The topological polar surface area (TPSA) is 75.7 Å². The van der Waals surface area contributed by atoms with Gasteiger partial charge in [-0.15, -0.1) is 0 Å². The molecule has 34 heavy (non-hydrogen) atoms. The Morgan fingerprint density at radius 1 is 1.09 bits per heavy atom. The number of carbonyl (C=O) groups is 1. The summed E-state index contributed by atoms with van der Waals surface area (Å²) in [6, 6.07) is 14.8. The predicted octanol–water partition coefficient (Wildman–Crippen LogP) is 5.18. The third kappa shape index (κ3) is 5.69. The van der Waals surface area contributed by atoms with Crippen LogP contribution in [0.5, 0.6) is 5.75 Å². The Hall–Kier alpha value is -3.10. The van der Waals surface area contributed by atoms with Gasteiger partial charge in [0, 0.05) is 5.02 Å². The molecule has 3 aromatic rings. The molecule has 0 saturated carbocycles. The van der Waals surface area contributed by atoms with Gasteiger partial charge < -0.3 is 10.1 Å². The summed E-state index contributed by atoms with van der Waals surface area (Å²) in [5, 5.41) is 3.14. The fourth-order valence-corrected chi connectivity index (χ4v) is 5.24. The number of aryl methyl sites for hydroxylation is 2. The Bertz CT molecular complexity index is 1300. The van der Waals surface area contributed by atoms with E-state index in [-0.39, 0.29) is 22.1 Å². The van der Waals surface area contributed by atoms with Crippen molar-refractivity contribution in [3.8, 4) is 5.75 Å². The maximum atomic E-state index is 13.8. The highest BCUT2D eigenvalue weighted by molar-refractivity contribution is 7.93. The van der Waals surface area contributed by atoms with Gasteiger partial charge in [-0.3, -0.25) is 9.10 Å². The fraction of sp³-hybridized carbons (Fsp3) is 0.240. The number of benzene rings is 3. The number of anilines is 1. The molecule has 1 amide bonds. The molecule has 0 spiro atoms. The molecule has 1 N–H and O–H groups in total. The summed E-state index contributed by atoms with van der Waals surface area (Å²) in [5.74, 6) is -0.763. The van der Waals surface area contributed by atoms with Gasteiger partial charge in [0.1, 0.15) is 23.0 Å². The Labute approximate surface area is 204 Å². The van der Waals surface area contributed by atoms with E-state index in [4.69, 9.17) is 16.3 Å². The molecule has 1 atom stereocenters. The first-order chi connectivity index (χ1) is 16.0. The first-order valence-corrected chi connectivity index (χ1v) is 12.3. The molecule has 0 radical (unpaired) electrons. The summed E-state index contributed by atoms with van der Waals surface area (Å²) in [4.78, 5) is 12.9. The third-order valence-electron chi connectivity index (χ3n) is 5.37. The van der Waals surface area contributed by atoms with Gasteiger partial charge in [-0.25, -0.2) is 12.8 Å². The van der Waals surface area contributed by atoms with Crippen LogP contribution in [0, 0.1) is 19.7 Å². The second-order valence-corrected chi connectivity index (χ2v) is 10.2. The molecule has 0 unspecified atom stereocenters. The summed E-state index contributed by atoms with van der Waals surface area (Å²) in [7, 11) is -2.83. The average Bonchev–Trinajstić information content (AvgIpc) is 2.79. The van der Waals surface area contributed by atoms with Gasteiger partial charge in [-0.2, -0.15) is 0 Å². The van der Waals surface area contributed by atoms with Gasteiger partial charge in [0.25, 0.3) is 10.0 Å². The minimum absolute atomic E-state index is 0.0638. The zero-order valence-corrected chi connectivity index (χ0v) is 20.9. The lowest BCUT2D eigenvalue weighted by atomic mass is 10.1. The second kappa shape index (κ2) is 10.4. The van der Waals surface area contributed by atoms with Crippen molar-refractivity contribution in [3.63, 3.8) is 0 Å². The quantitative estimate of drug-likeness (QED) is 0.459. The van der Waals surface area contributed by atoms with Crippen molar-refractivity contribution >= 4 is 33.2 Å². The first kappa shape index (κ1) is 25.5. The van der Waals surface area contributed by atoms with Crippen molar-refractivity contribution < 1.29 is 22.3 Å². The summed E-state index contributed by atoms with van der Waals surface area (Å²) in [5.41, 5.74) is 2.41. The molecule has 0 saturated heterocycles. The summed E-state index contributed by atoms with van der Waals surface area (Å²) >= 11 is 6.27. The maximum absolute atomic E-state index is 13.8. The lowest BCUT2D eigenvalue weighted by Crippen LogP contribution is -2.41. The molecule has 0 aliphatic heterocycles. The zero-order valence-electron chi connectivity index (χ0n) is 19.3. The van der Waals surface area contributed by atoms with Crippen molar-refractivity contribution in [2.45, 2.75) is 31.7 Å². The normalized spacial score (nSPS) is 12.2. The van der Waals surface area contributed by atoms with Crippen molar-refractivity contribution in [1.82, 2.24) is 5.32 Å². The Morgan fingerprint density at radius 3 is 2.38 bits per heavy atom. The predicted molar refractivity (Wildman–Crippen MR) is 131 cm³/mol. The average molecular weight is 505 g/mol. The van der Waals surface area contributed by atoms with Crippen LogP contribution in [-0.2, 0) is 14.8 Å². The van der Waals surface area contributed by atoms with E-state index in [1.165, 1.54) is 31.4 Å². The molecule has 180 valence electrons. The first-order valence-electron chi connectivity index (χ1n) is 10.5. The summed E-state index contributed by atoms with van der Waals surface area (Å²) in [6.45, 7) is 4.80. The van der Waals surface area contributed by atoms with Gasteiger partial charge in [-0.1, -0.05) is 35.9 Å². The van der Waals surface area contributed by atoms with Crippen LogP contribution in [0.15, 0.2) is 65.6 Å². The van der Waals surface area contributed by atoms with E-state index in [1.54, 1.807) is 57.2 Å². The van der Waals surface area contributed by atoms with Crippen LogP contribution in [0.2, 0.25) is 5.02 Å². The highest BCUT2D eigenvalue weighted by Gasteiger charge is 2.31. The van der Waals surface area contributed by atoms with Crippen molar-refractivity contribution in [2.75, 3.05) is 18.0 Å².